The Bertz CT molecular complexity index is 297. The zero-order valence-electron chi connectivity index (χ0n) is 8.67. The molecule has 0 amide bonds. The Hall–Kier alpha value is -0.280. The van der Waals surface area contributed by atoms with Crippen LogP contribution in [0.5, 0.6) is 0 Å². The van der Waals surface area contributed by atoms with Crippen molar-refractivity contribution in [3.05, 3.63) is 33.8 Å². The van der Waals surface area contributed by atoms with Gasteiger partial charge in [-0.1, -0.05) is 29.3 Å². The van der Waals surface area contributed by atoms with Gasteiger partial charge < -0.3 is 10.5 Å². The van der Waals surface area contributed by atoms with Crippen LogP contribution in [0.3, 0.4) is 0 Å². The molecule has 1 aromatic carbocycles. The molecule has 0 radical (unpaired) electrons. The predicted octanol–water partition coefficient (Wildman–Crippen LogP) is 2.90. The minimum atomic E-state index is 0.0300. The van der Waals surface area contributed by atoms with E-state index in [1.165, 1.54) is 0 Å². The highest BCUT2D eigenvalue weighted by Gasteiger charge is 2.10. The normalized spacial score (nSPS) is 12.8. The van der Waals surface area contributed by atoms with Gasteiger partial charge in [0.25, 0.3) is 0 Å². The topological polar surface area (TPSA) is 35.2 Å². The molecule has 0 aliphatic rings. The fraction of sp³-hybridized carbons (Fsp3) is 0.455. The van der Waals surface area contributed by atoms with E-state index in [1.807, 2.05) is 18.2 Å². The average Bonchev–Trinajstić information content (AvgIpc) is 2.21. The maximum atomic E-state index is 6.04. The van der Waals surface area contributed by atoms with Gasteiger partial charge in [0.2, 0.25) is 0 Å². The summed E-state index contributed by atoms with van der Waals surface area (Å²) in [4.78, 5) is 0. The maximum absolute atomic E-state index is 6.04. The first-order valence-corrected chi connectivity index (χ1v) is 5.58. The summed E-state index contributed by atoms with van der Waals surface area (Å²) in [6.07, 6.45) is 1.49. The third-order valence-corrected chi connectivity index (χ3v) is 2.93. The van der Waals surface area contributed by atoms with Gasteiger partial charge in [-0.2, -0.15) is 0 Å². The smallest absolute Gasteiger partial charge is 0.0477 e. The molecule has 15 heavy (non-hydrogen) atoms. The van der Waals surface area contributed by atoms with Crippen molar-refractivity contribution < 1.29 is 4.74 Å². The predicted molar refractivity (Wildman–Crippen MR) is 64.6 cm³/mol. The largest absolute Gasteiger partial charge is 0.385 e. The van der Waals surface area contributed by atoms with E-state index in [1.54, 1.807) is 7.11 Å². The number of ether oxygens (including phenoxy) is 1. The molecular formula is C11H15Cl2NO. The monoisotopic (exact) mass is 247 g/mol. The molecule has 1 rings (SSSR count). The number of benzene rings is 1. The van der Waals surface area contributed by atoms with Crippen molar-refractivity contribution >= 4 is 23.2 Å². The highest BCUT2D eigenvalue weighted by atomic mass is 35.5. The lowest BCUT2D eigenvalue weighted by molar-refractivity contribution is 0.188. The molecule has 2 nitrogen and oxygen atoms in total. The van der Waals surface area contributed by atoms with E-state index in [-0.39, 0.29) is 6.04 Å². The molecule has 1 atom stereocenters. The number of hydrogen-bond acceptors (Lipinski definition) is 2. The van der Waals surface area contributed by atoms with Crippen molar-refractivity contribution in [2.75, 3.05) is 13.7 Å². The fourth-order valence-corrected chi connectivity index (χ4v) is 1.91. The van der Waals surface area contributed by atoms with Crippen molar-refractivity contribution in [3.8, 4) is 0 Å². The van der Waals surface area contributed by atoms with Crippen molar-refractivity contribution in [2.45, 2.75) is 18.9 Å². The van der Waals surface area contributed by atoms with E-state index >= 15 is 0 Å². The van der Waals surface area contributed by atoms with E-state index in [9.17, 15) is 0 Å². The van der Waals surface area contributed by atoms with Crippen LogP contribution in [0, 0.1) is 0 Å². The number of nitrogens with two attached hydrogens (primary N) is 1. The van der Waals surface area contributed by atoms with Crippen LogP contribution < -0.4 is 5.73 Å². The van der Waals surface area contributed by atoms with Gasteiger partial charge in [0, 0.05) is 29.8 Å². The second kappa shape index (κ2) is 6.33. The molecule has 2 N–H and O–H groups in total. The molecule has 0 saturated carbocycles. The Morgan fingerprint density at radius 3 is 2.47 bits per heavy atom. The molecule has 84 valence electrons. The van der Waals surface area contributed by atoms with Crippen LogP contribution in [-0.2, 0) is 11.2 Å². The second-order valence-electron chi connectivity index (χ2n) is 3.45. The Kier molecular flexibility index (Phi) is 5.40. The van der Waals surface area contributed by atoms with E-state index in [0.717, 1.165) is 12.0 Å². The Labute approximate surface area is 100 Å². The Morgan fingerprint density at radius 1 is 1.33 bits per heavy atom. The summed E-state index contributed by atoms with van der Waals surface area (Å²) in [5, 5.41) is 1.35. The van der Waals surface area contributed by atoms with Gasteiger partial charge in [0.1, 0.15) is 0 Å². The summed E-state index contributed by atoms with van der Waals surface area (Å²) in [6, 6.07) is 5.51. The molecule has 1 aromatic rings. The highest BCUT2D eigenvalue weighted by molar-refractivity contribution is 6.35. The van der Waals surface area contributed by atoms with Gasteiger partial charge in [-0.05, 0) is 30.5 Å². The number of methoxy groups -OCH3 is 1. The third kappa shape index (κ3) is 3.99. The maximum Gasteiger partial charge on any atom is 0.0477 e. The van der Waals surface area contributed by atoms with Crippen LogP contribution in [0.15, 0.2) is 18.2 Å². The minimum Gasteiger partial charge on any atom is -0.385 e. The number of hydrogen-bond donors (Lipinski definition) is 1. The van der Waals surface area contributed by atoms with Crippen LogP contribution in [-0.4, -0.2) is 19.8 Å². The van der Waals surface area contributed by atoms with Crippen LogP contribution in [0.4, 0.5) is 0 Å². The van der Waals surface area contributed by atoms with Crippen molar-refractivity contribution in [1.29, 1.82) is 0 Å². The number of halogens is 2. The first kappa shape index (κ1) is 12.8. The lowest BCUT2D eigenvalue weighted by atomic mass is 10.0. The fourth-order valence-electron chi connectivity index (χ4n) is 1.36. The van der Waals surface area contributed by atoms with Gasteiger partial charge in [0.05, 0.1) is 0 Å². The molecule has 1 unspecified atom stereocenters. The van der Waals surface area contributed by atoms with Gasteiger partial charge in [0.15, 0.2) is 0 Å². The van der Waals surface area contributed by atoms with Gasteiger partial charge >= 0.3 is 0 Å². The summed E-state index contributed by atoms with van der Waals surface area (Å²) in [7, 11) is 1.66. The lowest BCUT2D eigenvalue weighted by Gasteiger charge is -2.13. The average molecular weight is 248 g/mol. The van der Waals surface area contributed by atoms with Crippen molar-refractivity contribution in [2.24, 2.45) is 5.73 Å². The van der Waals surface area contributed by atoms with E-state index < -0.39 is 0 Å². The molecule has 0 heterocycles. The van der Waals surface area contributed by atoms with E-state index in [2.05, 4.69) is 0 Å². The number of rotatable bonds is 5. The summed E-state index contributed by atoms with van der Waals surface area (Å²) >= 11 is 12.1. The zero-order chi connectivity index (χ0) is 11.3. The van der Waals surface area contributed by atoms with Crippen molar-refractivity contribution in [1.82, 2.24) is 0 Å². The summed E-state index contributed by atoms with van der Waals surface area (Å²) in [6.45, 7) is 0.656. The molecule has 0 aliphatic heterocycles. The Morgan fingerprint density at radius 2 is 1.93 bits per heavy atom. The third-order valence-electron chi connectivity index (χ3n) is 2.22. The van der Waals surface area contributed by atoms with Crippen LogP contribution in [0.2, 0.25) is 10.0 Å². The van der Waals surface area contributed by atoms with Gasteiger partial charge in [-0.15, -0.1) is 0 Å². The summed E-state index contributed by atoms with van der Waals surface area (Å²) < 4.78 is 4.96. The van der Waals surface area contributed by atoms with Crippen LogP contribution >= 0.6 is 23.2 Å². The zero-order valence-corrected chi connectivity index (χ0v) is 10.2. The molecule has 0 aromatic heterocycles. The summed E-state index contributed by atoms with van der Waals surface area (Å²) in [5.74, 6) is 0. The van der Waals surface area contributed by atoms with Crippen LogP contribution in [0.25, 0.3) is 0 Å². The van der Waals surface area contributed by atoms with Gasteiger partial charge in [-0.3, -0.25) is 0 Å². The first-order valence-electron chi connectivity index (χ1n) is 4.82. The van der Waals surface area contributed by atoms with Crippen molar-refractivity contribution in [3.63, 3.8) is 0 Å². The van der Waals surface area contributed by atoms with Gasteiger partial charge in [-0.25, -0.2) is 0 Å². The standard InChI is InChI=1S/C11H15Cl2NO/c1-15-6-5-8(14)7-9-10(12)3-2-4-11(9)13/h2-4,8H,5-7,14H2,1H3. The molecule has 0 aliphatic carbocycles. The molecule has 0 bridgehead atoms. The van der Waals surface area contributed by atoms with E-state index in [4.69, 9.17) is 33.7 Å². The highest BCUT2D eigenvalue weighted by Crippen LogP contribution is 2.25. The second-order valence-corrected chi connectivity index (χ2v) is 4.26. The molecule has 0 spiro atoms. The van der Waals surface area contributed by atoms with E-state index in [0.29, 0.717) is 23.1 Å². The lowest BCUT2D eigenvalue weighted by Crippen LogP contribution is -2.24. The molecular weight excluding hydrogens is 233 g/mol. The molecule has 4 heteroatoms. The quantitative estimate of drug-likeness (QED) is 0.869. The SMILES string of the molecule is COCCC(N)Cc1c(Cl)cccc1Cl. The molecule has 0 fully saturated rings. The minimum absolute atomic E-state index is 0.0300. The Balaban J connectivity index is 2.63. The first-order chi connectivity index (χ1) is 7.15. The molecule has 0 saturated heterocycles. The van der Waals surface area contributed by atoms with Crippen LogP contribution in [0.1, 0.15) is 12.0 Å². The summed E-state index contributed by atoms with van der Waals surface area (Å²) in [5.41, 5.74) is 6.85.